The third-order valence-electron chi connectivity index (χ3n) is 2.07. The Morgan fingerprint density at radius 2 is 2.47 bits per heavy atom. The summed E-state index contributed by atoms with van der Waals surface area (Å²) in [6.45, 7) is 3.98. The molecule has 2 rings (SSSR count). The van der Waals surface area contributed by atoms with Gasteiger partial charge < -0.3 is 4.98 Å². The van der Waals surface area contributed by atoms with Crippen molar-refractivity contribution in [3.63, 3.8) is 0 Å². The molecule has 0 saturated carbocycles. The highest BCUT2D eigenvalue weighted by molar-refractivity contribution is 7.71. The third-order valence-corrected chi connectivity index (χ3v) is 2.39. The lowest BCUT2D eigenvalue weighted by atomic mass is 10.3. The lowest BCUT2D eigenvalue weighted by Crippen LogP contribution is -2.21. The zero-order valence-electron chi connectivity index (χ0n) is 7.93. The van der Waals surface area contributed by atoms with Gasteiger partial charge in [-0.25, -0.2) is 4.98 Å². The molecule has 0 aromatic carbocycles. The highest BCUT2D eigenvalue weighted by atomic mass is 32.1. The number of aromatic nitrogens is 3. The Balaban J connectivity index is 2.90. The van der Waals surface area contributed by atoms with Crippen LogP contribution >= 0.6 is 12.2 Å². The number of rotatable bonds is 2. The first kappa shape index (κ1) is 9.79. The lowest BCUT2D eigenvalue weighted by Gasteiger charge is -2.03. The minimum absolute atomic E-state index is 0.137. The summed E-state index contributed by atoms with van der Waals surface area (Å²) in [5.41, 5.74) is 0.384. The molecule has 0 radical (unpaired) electrons. The van der Waals surface area contributed by atoms with Crippen LogP contribution in [0.5, 0.6) is 0 Å². The first-order chi connectivity index (χ1) is 7.24. The molecule has 0 spiro atoms. The van der Waals surface area contributed by atoms with Crippen LogP contribution in [0, 0.1) is 4.77 Å². The lowest BCUT2D eigenvalue weighted by molar-refractivity contribution is 0.751. The van der Waals surface area contributed by atoms with E-state index in [1.807, 2.05) is 0 Å². The number of H-pyrrole nitrogens is 1. The molecule has 15 heavy (non-hydrogen) atoms. The van der Waals surface area contributed by atoms with Crippen molar-refractivity contribution in [1.82, 2.24) is 14.5 Å². The van der Waals surface area contributed by atoms with Gasteiger partial charge in [0.25, 0.3) is 5.56 Å². The molecule has 0 unspecified atom stereocenters. The number of fused-ring (bicyclic) bond motifs is 1. The van der Waals surface area contributed by atoms with Gasteiger partial charge in [0.15, 0.2) is 4.77 Å². The van der Waals surface area contributed by atoms with Gasteiger partial charge in [-0.05, 0) is 24.4 Å². The monoisotopic (exact) mass is 219 g/mol. The van der Waals surface area contributed by atoms with Gasteiger partial charge in [0, 0.05) is 12.7 Å². The summed E-state index contributed by atoms with van der Waals surface area (Å²) < 4.78 is 1.82. The highest BCUT2D eigenvalue weighted by Crippen LogP contribution is 2.02. The molecule has 0 amide bonds. The second-order valence-corrected chi connectivity index (χ2v) is 3.42. The molecule has 2 aromatic heterocycles. The Bertz CT molecular complexity index is 626. The molecule has 0 fully saturated rings. The SMILES string of the molecule is C=CCn1c(=S)[nH]c2ncccc2c1=O. The molecule has 0 aliphatic carbocycles. The average Bonchev–Trinajstić information content (AvgIpc) is 2.24. The van der Waals surface area contributed by atoms with E-state index in [0.717, 1.165) is 0 Å². The number of hydrogen-bond acceptors (Lipinski definition) is 3. The Morgan fingerprint density at radius 1 is 1.67 bits per heavy atom. The van der Waals surface area contributed by atoms with Crippen LogP contribution in [0.3, 0.4) is 0 Å². The molecule has 0 bridgehead atoms. The van der Waals surface area contributed by atoms with Crippen LogP contribution < -0.4 is 5.56 Å². The van der Waals surface area contributed by atoms with Gasteiger partial charge in [0.2, 0.25) is 0 Å². The van der Waals surface area contributed by atoms with Crippen LogP contribution in [0.4, 0.5) is 0 Å². The maximum atomic E-state index is 11.9. The van der Waals surface area contributed by atoms with Gasteiger partial charge in [-0.15, -0.1) is 6.58 Å². The number of nitrogens with zero attached hydrogens (tertiary/aromatic N) is 2. The minimum Gasteiger partial charge on any atom is -0.316 e. The van der Waals surface area contributed by atoms with Crippen LogP contribution in [0.15, 0.2) is 35.8 Å². The largest absolute Gasteiger partial charge is 0.316 e. The molecule has 0 saturated heterocycles. The zero-order chi connectivity index (χ0) is 10.8. The standard InChI is InChI=1S/C10H9N3OS/c1-2-6-13-9(14)7-4-3-5-11-8(7)12-10(13)15/h2-5H,1,6H2,(H,11,12,15). The number of allylic oxidation sites excluding steroid dienone is 1. The molecule has 2 heterocycles. The number of hydrogen-bond donors (Lipinski definition) is 1. The molecule has 4 nitrogen and oxygen atoms in total. The maximum absolute atomic E-state index is 11.9. The van der Waals surface area contributed by atoms with Crippen molar-refractivity contribution in [1.29, 1.82) is 0 Å². The van der Waals surface area contributed by atoms with Crippen molar-refractivity contribution in [2.75, 3.05) is 0 Å². The minimum atomic E-state index is -0.137. The van der Waals surface area contributed by atoms with Gasteiger partial charge in [-0.2, -0.15) is 0 Å². The van der Waals surface area contributed by atoms with Crippen molar-refractivity contribution in [3.05, 3.63) is 46.1 Å². The first-order valence-corrected chi connectivity index (χ1v) is 4.83. The molecule has 1 N–H and O–H groups in total. The average molecular weight is 219 g/mol. The molecule has 0 aliphatic rings. The topological polar surface area (TPSA) is 50.7 Å². The summed E-state index contributed by atoms with van der Waals surface area (Å²) in [7, 11) is 0. The second-order valence-electron chi connectivity index (χ2n) is 3.03. The van der Waals surface area contributed by atoms with E-state index in [0.29, 0.717) is 22.3 Å². The smallest absolute Gasteiger partial charge is 0.264 e. The van der Waals surface area contributed by atoms with E-state index in [4.69, 9.17) is 12.2 Å². The van der Waals surface area contributed by atoms with E-state index in [9.17, 15) is 4.79 Å². The first-order valence-electron chi connectivity index (χ1n) is 4.43. The molecule has 5 heteroatoms. The Kier molecular flexibility index (Phi) is 2.47. The predicted octanol–water partition coefficient (Wildman–Crippen LogP) is 1.64. The fourth-order valence-electron chi connectivity index (χ4n) is 1.38. The second kappa shape index (κ2) is 3.78. The summed E-state index contributed by atoms with van der Waals surface area (Å²) in [4.78, 5) is 18.9. The summed E-state index contributed by atoms with van der Waals surface area (Å²) in [6.07, 6.45) is 3.25. The molecular formula is C10H9N3OS. The zero-order valence-corrected chi connectivity index (χ0v) is 8.75. The van der Waals surface area contributed by atoms with E-state index in [1.165, 1.54) is 4.57 Å². The predicted molar refractivity (Wildman–Crippen MR) is 61.4 cm³/mol. The summed E-state index contributed by atoms with van der Waals surface area (Å²) in [5.74, 6) is 0. The Morgan fingerprint density at radius 3 is 3.20 bits per heavy atom. The number of aromatic amines is 1. The number of nitrogens with one attached hydrogen (secondary N) is 1. The normalized spacial score (nSPS) is 10.4. The van der Waals surface area contributed by atoms with Crippen molar-refractivity contribution < 1.29 is 0 Å². The van der Waals surface area contributed by atoms with E-state index >= 15 is 0 Å². The summed E-state index contributed by atoms with van der Waals surface area (Å²) in [5, 5.41) is 0.535. The van der Waals surface area contributed by atoms with Crippen molar-refractivity contribution >= 4 is 23.3 Å². The fraction of sp³-hybridized carbons (Fsp3) is 0.100. The van der Waals surface area contributed by atoms with E-state index in [1.54, 1.807) is 24.4 Å². The van der Waals surface area contributed by atoms with E-state index in [-0.39, 0.29) is 5.56 Å². The van der Waals surface area contributed by atoms with Gasteiger partial charge in [0.05, 0.1) is 5.39 Å². The number of pyridine rings is 1. The summed E-state index contributed by atoms with van der Waals surface area (Å²) >= 11 is 5.05. The van der Waals surface area contributed by atoms with Gasteiger partial charge in [-0.3, -0.25) is 9.36 Å². The van der Waals surface area contributed by atoms with Gasteiger partial charge >= 0.3 is 0 Å². The third kappa shape index (κ3) is 1.61. The van der Waals surface area contributed by atoms with Gasteiger partial charge in [-0.1, -0.05) is 6.08 Å². The van der Waals surface area contributed by atoms with Crippen LogP contribution in [-0.4, -0.2) is 14.5 Å². The molecule has 0 atom stereocenters. The Labute approximate surface area is 90.9 Å². The molecular weight excluding hydrogens is 210 g/mol. The fourth-order valence-corrected chi connectivity index (χ4v) is 1.63. The Hall–Kier alpha value is -1.75. The van der Waals surface area contributed by atoms with Crippen LogP contribution in [0.1, 0.15) is 0 Å². The van der Waals surface area contributed by atoms with Crippen molar-refractivity contribution in [2.24, 2.45) is 0 Å². The quantitative estimate of drug-likeness (QED) is 0.617. The van der Waals surface area contributed by atoms with E-state index in [2.05, 4.69) is 16.5 Å². The molecule has 76 valence electrons. The van der Waals surface area contributed by atoms with E-state index < -0.39 is 0 Å². The molecule has 0 aliphatic heterocycles. The maximum Gasteiger partial charge on any atom is 0.264 e. The highest BCUT2D eigenvalue weighted by Gasteiger charge is 2.03. The van der Waals surface area contributed by atoms with Crippen LogP contribution in [0.25, 0.3) is 11.0 Å². The molecule has 2 aromatic rings. The van der Waals surface area contributed by atoms with Gasteiger partial charge in [0.1, 0.15) is 5.65 Å². The van der Waals surface area contributed by atoms with Crippen LogP contribution in [-0.2, 0) is 6.54 Å². The van der Waals surface area contributed by atoms with Crippen LogP contribution in [0.2, 0.25) is 0 Å². The summed E-state index contributed by atoms with van der Waals surface area (Å²) in [6, 6.07) is 3.44. The van der Waals surface area contributed by atoms with Crippen molar-refractivity contribution in [2.45, 2.75) is 6.54 Å². The van der Waals surface area contributed by atoms with Crippen molar-refractivity contribution in [3.8, 4) is 0 Å².